The number of alkyl halides is 3. The van der Waals surface area contributed by atoms with E-state index in [4.69, 9.17) is 5.11 Å². The minimum Gasteiger partial charge on any atom is -0.480 e. The highest BCUT2D eigenvalue weighted by Gasteiger charge is 2.43. The lowest BCUT2D eigenvalue weighted by molar-refractivity contribution is -0.138. The number of nitrogens with zero attached hydrogens (tertiary/aromatic N) is 4. The predicted molar refractivity (Wildman–Crippen MR) is 135 cm³/mol. The lowest BCUT2D eigenvalue weighted by atomic mass is 9.65. The van der Waals surface area contributed by atoms with Crippen molar-refractivity contribution in [1.29, 1.82) is 0 Å². The van der Waals surface area contributed by atoms with Gasteiger partial charge < -0.3 is 5.11 Å². The number of hydrogen-bond donors (Lipinski definition) is 3. The minimum absolute atomic E-state index is 0.0204. The molecule has 0 spiro atoms. The molecule has 2 aliphatic carbocycles. The number of hydrogen-bond acceptors (Lipinski definition) is 6. The minimum atomic E-state index is -4.65. The zero-order chi connectivity index (χ0) is 27.2. The molecule has 3 N–H and O–H groups in total. The first-order valence-corrected chi connectivity index (χ1v) is 13.4. The van der Waals surface area contributed by atoms with Gasteiger partial charge in [0.2, 0.25) is 0 Å². The molecule has 210 valence electrons. The molecule has 1 aliphatic heterocycles. The second-order valence-corrected chi connectivity index (χ2v) is 11.4. The SMILES string of the molecule is CN(CC(=O)O)Cc1cc(C(F)(F)F)c2cn(C3CCCC([C@@H](C4CCC4)C4NNCN4C)C3)c(=O)n2c1. The lowest BCUT2D eigenvalue weighted by Crippen LogP contribution is -2.50. The Hall–Kier alpha value is -2.41. The molecule has 9 nitrogen and oxygen atoms in total. The summed E-state index contributed by atoms with van der Waals surface area (Å²) in [7, 11) is 3.62. The van der Waals surface area contributed by atoms with E-state index in [9.17, 15) is 22.8 Å². The number of fused-ring (bicyclic) bond motifs is 1. The van der Waals surface area contributed by atoms with Crippen molar-refractivity contribution in [2.45, 2.75) is 69.9 Å². The smallest absolute Gasteiger partial charge is 0.418 e. The molecule has 3 aliphatic rings. The molecule has 0 aromatic carbocycles. The fourth-order valence-corrected chi connectivity index (χ4v) is 6.84. The lowest BCUT2D eigenvalue weighted by Gasteiger charge is -2.46. The third-order valence-corrected chi connectivity index (χ3v) is 8.75. The molecule has 0 bridgehead atoms. The maximum Gasteiger partial charge on any atom is 0.418 e. The van der Waals surface area contributed by atoms with E-state index in [1.54, 1.807) is 0 Å². The zero-order valence-corrected chi connectivity index (χ0v) is 21.9. The van der Waals surface area contributed by atoms with E-state index >= 15 is 0 Å². The third-order valence-electron chi connectivity index (χ3n) is 8.75. The fraction of sp³-hybridized carbons (Fsp3) is 0.692. The van der Waals surface area contributed by atoms with E-state index in [-0.39, 0.29) is 36.4 Å². The highest BCUT2D eigenvalue weighted by molar-refractivity contribution is 5.69. The van der Waals surface area contributed by atoms with Gasteiger partial charge in [0.1, 0.15) is 0 Å². The summed E-state index contributed by atoms with van der Waals surface area (Å²) >= 11 is 0. The summed E-state index contributed by atoms with van der Waals surface area (Å²) in [6.07, 6.45) is 5.48. The van der Waals surface area contributed by atoms with Crippen molar-refractivity contribution >= 4 is 11.5 Å². The van der Waals surface area contributed by atoms with Gasteiger partial charge in [0, 0.05) is 25.0 Å². The Labute approximate surface area is 219 Å². The van der Waals surface area contributed by atoms with E-state index in [1.165, 1.54) is 48.2 Å². The number of carboxylic acid groups (broad SMARTS) is 1. The van der Waals surface area contributed by atoms with Gasteiger partial charge in [-0.25, -0.2) is 15.6 Å². The topological polar surface area (TPSA) is 94.2 Å². The molecule has 4 atom stereocenters. The molecule has 1 saturated heterocycles. The number of pyridine rings is 1. The number of likely N-dealkylation sites (N-methyl/N-ethyl adjacent to an activating group) is 1. The molecule has 38 heavy (non-hydrogen) atoms. The molecule has 2 aromatic heterocycles. The number of imidazole rings is 1. The van der Waals surface area contributed by atoms with Crippen molar-refractivity contribution in [3.05, 3.63) is 40.1 Å². The van der Waals surface area contributed by atoms with Gasteiger partial charge in [0.15, 0.2) is 0 Å². The monoisotopic (exact) mass is 538 g/mol. The van der Waals surface area contributed by atoms with Crippen LogP contribution < -0.4 is 16.5 Å². The van der Waals surface area contributed by atoms with Crippen LogP contribution >= 0.6 is 0 Å². The molecule has 0 amide bonds. The second kappa shape index (κ2) is 10.6. The summed E-state index contributed by atoms with van der Waals surface area (Å²) in [5, 5.41) is 9.02. The Kier molecular flexibility index (Phi) is 7.60. The van der Waals surface area contributed by atoms with Crippen molar-refractivity contribution in [2.75, 3.05) is 27.3 Å². The molecule has 12 heteroatoms. The van der Waals surface area contributed by atoms with Gasteiger partial charge in [0.25, 0.3) is 0 Å². The van der Waals surface area contributed by atoms with E-state index in [0.717, 1.165) is 42.8 Å². The summed E-state index contributed by atoms with van der Waals surface area (Å²) < 4.78 is 44.9. The molecule has 2 aromatic rings. The molecule has 3 heterocycles. The van der Waals surface area contributed by atoms with Gasteiger partial charge in [-0.05, 0) is 62.7 Å². The summed E-state index contributed by atoms with van der Waals surface area (Å²) in [6, 6.07) is 0.866. The number of hydrazine groups is 1. The molecular formula is C26H37F3N6O3. The predicted octanol–water partition coefficient (Wildman–Crippen LogP) is 3.11. The number of aromatic nitrogens is 2. The molecule has 5 rings (SSSR count). The van der Waals surface area contributed by atoms with Crippen LogP contribution in [0.4, 0.5) is 13.2 Å². The third kappa shape index (κ3) is 5.36. The number of rotatable bonds is 8. The Morgan fingerprint density at radius 1 is 1.18 bits per heavy atom. The normalized spacial score (nSPS) is 26.2. The van der Waals surface area contributed by atoms with Crippen LogP contribution in [0.25, 0.3) is 5.52 Å². The quantitative estimate of drug-likeness (QED) is 0.476. The van der Waals surface area contributed by atoms with E-state index in [0.29, 0.717) is 17.8 Å². The number of halogens is 3. The summed E-state index contributed by atoms with van der Waals surface area (Å²) in [6.45, 7) is 0.424. The van der Waals surface area contributed by atoms with Crippen LogP contribution in [0.3, 0.4) is 0 Å². The van der Waals surface area contributed by atoms with Crippen molar-refractivity contribution in [2.24, 2.45) is 17.8 Å². The highest BCUT2D eigenvalue weighted by atomic mass is 19.4. The van der Waals surface area contributed by atoms with E-state index < -0.39 is 23.4 Å². The van der Waals surface area contributed by atoms with Gasteiger partial charge in [-0.15, -0.1) is 0 Å². The fourth-order valence-electron chi connectivity index (χ4n) is 6.84. The zero-order valence-electron chi connectivity index (χ0n) is 21.9. The van der Waals surface area contributed by atoms with Crippen molar-refractivity contribution in [3.8, 4) is 0 Å². The number of nitrogens with one attached hydrogen (secondary N) is 2. The Morgan fingerprint density at radius 2 is 1.89 bits per heavy atom. The van der Waals surface area contributed by atoms with Crippen LogP contribution in [0.15, 0.2) is 23.3 Å². The van der Waals surface area contributed by atoms with Gasteiger partial charge >= 0.3 is 17.8 Å². The van der Waals surface area contributed by atoms with Crippen LogP contribution in [-0.4, -0.2) is 63.3 Å². The first kappa shape index (κ1) is 27.2. The van der Waals surface area contributed by atoms with Gasteiger partial charge in [-0.3, -0.25) is 23.6 Å². The number of carboxylic acids is 1. The summed E-state index contributed by atoms with van der Waals surface area (Å²) in [5.74, 6) is 0.331. The van der Waals surface area contributed by atoms with Crippen molar-refractivity contribution < 1.29 is 23.1 Å². The van der Waals surface area contributed by atoms with Crippen LogP contribution in [0, 0.1) is 17.8 Å². The van der Waals surface area contributed by atoms with E-state index in [2.05, 4.69) is 22.8 Å². The first-order chi connectivity index (χ1) is 18.0. The maximum atomic E-state index is 14.1. The van der Waals surface area contributed by atoms with Crippen molar-refractivity contribution in [3.63, 3.8) is 0 Å². The van der Waals surface area contributed by atoms with Crippen LogP contribution in [0.2, 0.25) is 0 Å². The van der Waals surface area contributed by atoms with Crippen LogP contribution in [-0.2, 0) is 17.5 Å². The number of aliphatic carboxylic acids is 1. The summed E-state index contributed by atoms with van der Waals surface area (Å²) in [5.41, 5.74) is 5.40. The number of carbonyl (C=O) groups is 1. The van der Waals surface area contributed by atoms with Crippen LogP contribution in [0.5, 0.6) is 0 Å². The Morgan fingerprint density at radius 3 is 2.50 bits per heavy atom. The van der Waals surface area contributed by atoms with Gasteiger partial charge in [-0.2, -0.15) is 13.2 Å². The average molecular weight is 539 g/mol. The molecule has 3 fully saturated rings. The molecule has 3 unspecified atom stereocenters. The molecule has 2 saturated carbocycles. The highest BCUT2D eigenvalue weighted by Crippen LogP contribution is 2.46. The standard InChI is InChI=1S/C26H37F3N6O3/c1-32(14-22(36)37)11-16-9-20(26(27,28)29)21-13-34(25(38)35(21)12-16)19-8-4-7-18(10-19)23(17-5-3-6-17)24-31-30-15-33(24)2/h9,12-13,17-19,23-24,30-31H,3-8,10-11,14-15H2,1-2H3,(H,36,37)/t18?,19?,23-,24?/m1/s1. The van der Waals surface area contributed by atoms with Gasteiger partial charge in [0.05, 0.1) is 30.5 Å². The molecular weight excluding hydrogens is 501 g/mol. The average Bonchev–Trinajstić information content (AvgIpc) is 3.37. The molecule has 0 radical (unpaired) electrons. The van der Waals surface area contributed by atoms with Gasteiger partial charge in [-0.1, -0.05) is 25.7 Å². The first-order valence-electron chi connectivity index (χ1n) is 13.4. The second-order valence-electron chi connectivity index (χ2n) is 11.4. The Balaban J connectivity index is 1.46. The maximum absolute atomic E-state index is 14.1. The van der Waals surface area contributed by atoms with Crippen molar-refractivity contribution in [1.82, 2.24) is 29.6 Å². The largest absolute Gasteiger partial charge is 0.480 e. The summed E-state index contributed by atoms with van der Waals surface area (Å²) in [4.78, 5) is 28.2. The van der Waals surface area contributed by atoms with E-state index in [1.807, 2.05) is 0 Å². The van der Waals surface area contributed by atoms with Crippen LogP contribution in [0.1, 0.15) is 62.1 Å². The Bertz CT molecular complexity index is 1220.